The van der Waals surface area contributed by atoms with Crippen molar-refractivity contribution >= 4 is 19.8 Å². The maximum atomic E-state index is 12.5. The van der Waals surface area contributed by atoms with Crippen LogP contribution in [-0.2, 0) is 32.7 Å². The van der Waals surface area contributed by atoms with Gasteiger partial charge in [0.1, 0.15) is 6.61 Å². The summed E-state index contributed by atoms with van der Waals surface area (Å²) in [5.74, 6) is -0.809. The van der Waals surface area contributed by atoms with E-state index >= 15 is 0 Å². The highest BCUT2D eigenvalue weighted by molar-refractivity contribution is 7.47. The Morgan fingerprint density at radius 2 is 1.00 bits per heavy atom. The van der Waals surface area contributed by atoms with E-state index < -0.39 is 26.5 Å². The fraction of sp³-hybridized carbons (Fsp3) is 0.846. The molecular weight excluding hydrogens is 627 g/mol. The number of phosphoric acid groups is 1. The van der Waals surface area contributed by atoms with Gasteiger partial charge in [0, 0.05) is 12.8 Å². The topological polar surface area (TPSA) is 108 Å². The summed E-state index contributed by atoms with van der Waals surface area (Å²) in [6.07, 6.45) is 36.5. The average Bonchev–Trinajstić information content (AvgIpc) is 3.06. The Labute approximate surface area is 294 Å². The van der Waals surface area contributed by atoms with E-state index in [1.54, 1.807) is 6.92 Å². The summed E-state index contributed by atoms with van der Waals surface area (Å²) in [5.41, 5.74) is 0. The van der Waals surface area contributed by atoms with Gasteiger partial charge >= 0.3 is 19.8 Å². The summed E-state index contributed by atoms with van der Waals surface area (Å²) in [7, 11) is -4.27. The molecule has 9 heteroatoms. The van der Waals surface area contributed by atoms with Crippen molar-refractivity contribution in [2.75, 3.05) is 19.8 Å². The van der Waals surface area contributed by atoms with Crippen LogP contribution in [0.5, 0.6) is 0 Å². The molecule has 282 valence electrons. The van der Waals surface area contributed by atoms with Crippen molar-refractivity contribution in [3.63, 3.8) is 0 Å². The van der Waals surface area contributed by atoms with Gasteiger partial charge < -0.3 is 14.4 Å². The number of ether oxygens (including phenoxy) is 2. The van der Waals surface area contributed by atoms with Gasteiger partial charge in [-0.2, -0.15) is 0 Å². The molecule has 2 atom stereocenters. The third-order valence-corrected chi connectivity index (χ3v) is 9.32. The minimum Gasteiger partial charge on any atom is -0.462 e. The minimum absolute atomic E-state index is 0.000826. The van der Waals surface area contributed by atoms with Crippen LogP contribution < -0.4 is 0 Å². The average molecular weight is 701 g/mol. The Morgan fingerprint density at radius 1 is 0.562 bits per heavy atom. The zero-order valence-corrected chi connectivity index (χ0v) is 32.0. The van der Waals surface area contributed by atoms with Crippen LogP contribution in [0.3, 0.4) is 0 Å². The molecule has 0 heterocycles. The molecule has 0 aliphatic carbocycles. The number of carbonyl (C=O) groups is 2. The standard InChI is InChI=1S/C39H73O8P/c1-4-7-9-11-13-15-17-19-20-22-24-26-28-30-32-34-39(41)47-37(36-46-48(42,43)45-6-3)35-44-38(40)33-31-29-27-25-23-21-18-16-14-12-10-8-5-2/h13,15,19-20,37H,4-12,14,16-18,21-36H2,1-3H3,(H,42,43)/b15-13-,20-19-/t37-/m1/s1. The first kappa shape index (κ1) is 46.5. The Balaban J connectivity index is 4.15. The number of hydrogen-bond donors (Lipinski definition) is 1. The summed E-state index contributed by atoms with van der Waals surface area (Å²) in [6.45, 7) is 5.43. The molecule has 48 heavy (non-hydrogen) atoms. The van der Waals surface area contributed by atoms with Crippen molar-refractivity contribution < 1.29 is 37.6 Å². The number of hydrogen-bond acceptors (Lipinski definition) is 7. The number of esters is 2. The van der Waals surface area contributed by atoms with Crippen LogP contribution in [0.25, 0.3) is 0 Å². The third kappa shape index (κ3) is 34.4. The second kappa shape index (κ2) is 35.4. The summed E-state index contributed by atoms with van der Waals surface area (Å²) < 4.78 is 32.5. The van der Waals surface area contributed by atoms with Crippen LogP contribution >= 0.6 is 7.82 Å². The molecule has 0 bridgehead atoms. The predicted molar refractivity (Wildman–Crippen MR) is 198 cm³/mol. The molecule has 0 amide bonds. The van der Waals surface area contributed by atoms with Crippen LogP contribution in [-0.4, -0.2) is 42.8 Å². The fourth-order valence-corrected chi connectivity index (χ4v) is 6.12. The quantitative estimate of drug-likeness (QED) is 0.0298. The SMILES string of the molecule is CCCCC/C=C\C/C=C\CCCCCCCC(=O)O[C@H](COC(=O)CCCCCCCCCCCCCCC)COP(=O)(O)OCC. The number of carbonyl (C=O) groups excluding carboxylic acids is 2. The van der Waals surface area contributed by atoms with E-state index in [-0.39, 0.29) is 25.6 Å². The van der Waals surface area contributed by atoms with Gasteiger partial charge in [-0.3, -0.25) is 18.6 Å². The van der Waals surface area contributed by atoms with Crippen molar-refractivity contribution in [3.8, 4) is 0 Å². The number of phosphoric ester groups is 1. The second-order valence-electron chi connectivity index (χ2n) is 13.0. The van der Waals surface area contributed by atoms with Gasteiger partial charge in [-0.1, -0.05) is 147 Å². The lowest BCUT2D eigenvalue weighted by molar-refractivity contribution is -0.161. The van der Waals surface area contributed by atoms with Gasteiger partial charge in [0.05, 0.1) is 13.2 Å². The molecule has 8 nitrogen and oxygen atoms in total. The van der Waals surface area contributed by atoms with Crippen LogP contribution in [0.4, 0.5) is 0 Å². The largest absolute Gasteiger partial charge is 0.472 e. The van der Waals surface area contributed by atoms with E-state index in [0.29, 0.717) is 12.8 Å². The van der Waals surface area contributed by atoms with Crippen LogP contribution in [0.15, 0.2) is 24.3 Å². The Bertz CT molecular complexity index is 844. The number of allylic oxidation sites excluding steroid dienone is 4. The van der Waals surface area contributed by atoms with E-state index in [9.17, 15) is 19.0 Å². The maximum absolute atomic E-state index is 12.5. The van der Waals surface area contributed by atoms with E-state index in [2.05, 4.69) is 38.2 Å². The van der Waals surface area contributed by atoms with E-state index in [1.165, 1.54) is 89.9 Å². The van der Waals surface area contributed by atoms with Crippen LogP contribution in [0.2, 0.25) is 0 Å². The zero-order valence-electron chi connectivity index (χ0n) is 31.1. The van der Waals surface area contributed by atoms with Gasteiger partial charge in [0.2, 0.25) is 0 Å². The Morgan fingerprint density at radius 3 is 1.52 bits per heavy atom. The molecule has 0 aromatic rings. The summed E-state index contributed by atoms with van der Waals surface area (Å²) in [6, 6.07) is 0. The highest BCUT2D eigenvalue weighted by atomic mass is 31.2. The lowest BCUT2D eigenvalue weighted by atomic mass is 10.0. The first-order chi connectivity index (χ1) is 23.3. The molecule has 0 aliphatic rings. The van der Waals surface area contributed by atoms with Gasteiger partial charge in [-0.15, -0.1) is 0 Å². The van der Waals surface area contributed by atoms with Gasteiger partial charge in [-0.25, -0.2) is 4.57 Å². The first-order valence-electron chi connectivity index (χ1n) is 19.6. The zero-order chi connectivity index (χ0) is 35.4. The normalized spacial score (nSPS) is 13.7. The monoisotopic (exact) mass is 701 g/mol. The first-order valence-corrected chi connectivity index (χ1v) is 21.1. The lowest BCUT2D eigenvalue weighted by Gasteiger charge is -2.19. The van der Waals surface area contributed by atoms with E-state index in [4.69, 9.17) is 18.5 Å². The van der Waals surface area contributed by atoms with Gasteiger partial charge in [0.15, 0.2) is 6.10 Å². The molecule has 1 unspecified atom stereocenters. The van der Waals surface area contributed by atoms with Crippen molar-refractivity contribution in [1.29, 1.82) is 0 Å². The number of rotatable bonds is 36. The molecule has 0 spiro atoms. The van der Waals surface area contributed by atoms with E-state index in [0.717, 1.165) is 57.8 Å². The van der Waals surface area contributed by atoms with Gasteiger partial charge in [-0.05, 0) is 51.9 Å². The molecule has 0 aromatic carbocycles. The molecule has 0 radical (unpaired) electrons. The second-order valence-corrected chi connectivity index (χ2v) is 14.4. The molecule has 0 saturated carbocycles. The van der Waals surface area contributed by atoms with Crippen molar-refractivity contribution in [2.45, 2.75) is 194 Å². The highest BCUT2D eigenvalue weighted by Crippen LogP contribution is 2.43. The minimum atomic E-state index is -4.27. The number of unbranched alkanes of at least 4 members (excludes halogenated alkanes) is 20. The molecule has 0 aliphatic heterocycles. The lowest BCUT2D eigenvalue weighted by Crippen LogP contribution is -2.29. The molecular formula is C39H73O8P. The maximum Gasteiger partial charge on any atom is 0.472 e. The molecule has 0 aromatic heterocycles. The Hall–Kier alpha value is -1.47. The summed E-state index contributed by atoms with van der Waals surface area (Å²) in [5, 5.41) is 0. The fourth-order valence-electron chi connectivity index (χ4n) is 5.36. The molecule has 0 rings (SSSR count). The van der Waals surface area contributed by atoms with Crippen LogP contribution in [0, 0.1) is 0 Å². The van der Waals surface area contributed by atoms with Crippen molar-refractivity contribution in [3.05, 3.63) is 24.3 Å². The van der Waals surface area contributed by atoms with Crippen LogP contribution in [0.1, 0.15) is 188 Å². The highest BCUT2D eigenvalue weighted by Gasteiger charge is 2.25. The van der Waals surface area contributed by atoms with Gasteiger partial charge in [0.25, 0.3) is 0 Å². The predicted octanol–water partition coefficient (Wildman–Crippen LogP) is 11.9. The Kier molecular flexibility index (Phi) is 34.3. The van der Waals surface area contributed by atoms with Crippen molar-refractivity contribution in [1.82, 2.24) is 0 Å². The van der Waals surface area contributed by atoms with E-state index in [1.807, 2.05) is 0 Å². The summed E-state index contributed by atoms with van der Waals surface area (Å²) in [4.78, 5) is 34.6. The third-order valence-electron chi connectivity index (χ3n) is 8.26. The molecule has 0 saturated heterocycles. The smallest absolute Gasteiger partial charge is 0.462 e. The van der Waals surface area contributed by atoms with Crippen molar-refractivity contribution in [2.24, 2.45) is 0 Å². The molecule has 0 fully saturated rings. The molecule has 1 N–H and O–H groups in total. The summed E-state index contributed by atoms with van der Waals surface area (Å²) >= 11 is 0.